The topological polar surface area (TPSA) is 87.7 Å². The normalized spacial score (nSPS) is 23.2. The second kappa shape index (κ2) is 12.0. The predicted molar refractivity (Wildman–Crippen MR) is 141 cm³/mol. The van der Waals surface area contributed by atoms with E-state index in [-0.39, 0.29) is 23.3 Å². The second-order valence-corrected chi connectivity index (χ2v) is 10.7. The number of amides is 2. The molecule has 0 radical (unpaired) electrons. The molecule has 2 fully saturated rings. The zero-order valence-corrected chi connectivity index (χ0v) is 21.7. The largest absolute Gasteiger partial charge is 0.493 e. The van der Waals surface area contributed by atoms with Crippen LogP contribution in [0.3, 0.4) is 0 Å². The van der Waals surface area contributed by atoms with Crippen molar-refractivity contribution in [2.75, 3.05) is 39.3 Å². The van der Waals surface area contributed by atoms with Crippen molar-refractivity contribution in [1.29, 1.82) is 0 Å². The molecule has 3 aliphatic rings. The summed E-state index contributed by atoms with van der Waals surface area (Å²) in [5.74, 6) is 1.31. The molecule has 37 heavy (non-hydrogen) atoms. The molecule has 1 aromatic carbocycles. The minimum atomic E-state index is -0.343. The van der Waals surface area contributed by atoms with Crippen LogP contribution in [0.5, 0.6) is 5.75 Å². The Morgan fingerprint density at radius 2 is 1.92 bits per heavy atom. The molecule has 2 aromatic rings. The first kappa shape index (κ1) is 25.6. The summed E-state index contributed by atoms with van der Waals surface area (Å²) in [6.07, 6.45) is 13.4. The first-order valence-corrected chi connectivity index (χ1v) is 13.9. The van der Waals surface area contributed by atoms with Crippen LogP contribution in [0, 0.1) is 5.41 Å². The number of likely N-dealkylation sites (tertiary alicyclic amines) is 2. The minimum absolute atomic E-state index is 0.0209. The van der Waals surface area contributed by atoms with Gasteiger partial charge in [0.25, 0.3) is 0 Å². The van der Waals surface area contributed by atoms with Gasteiger partial charge in [0.05, 0.1) is 36.5 Å². The molecule has 8 heteroatoms. The van der Waals surface area contributed by atoms with Gasteiger partial charge < -0.3 is 15.0 Å². The van der Waals surface area contributed by atoms with E-state index >= 15 is 0 Å². The van der Waals surface area contributed by atoms with Crippen LogP contribution < -0.4 is 10.1 Å². The van der Waals surface area contributed by atoms with Gasteiger partial charge >= 0.3 is 0 Å². The van der Waals surface area contributed by atoms with E-state index in [0.717, 1.165) is 88.9 Å². The number of benzene rings is 1. The first-order valence-electron chi connectivity index (χ1n) is 13.9. The first-order chi connectivity index (χ1) is 18.1. The van der Waals surface area contributed by atoms with Gasteiger partial charge in [0.2, 0.25) is 11.8 Å². The summed E-state index contributed by atoms with van der Waals surface area (Å²) in [6, 6.07) is 8.31. The molecule has 0 aliphatic carbocycles. The van der Waals surface area contributed by atoms with Crippen molar-refractivity contribution in [3.05, 3.63) is 54.1 Å². The zero-order chi connectivity index (χ0) is 25.5. The van der Waals surface area contributed by atoms with Crippen LogP contribution in [0.2, 0.25) is 0 Å². The van der Waals surface area contributed by atoms with E-state index in [4.69, 9.17) is 4.74 Å². The Morgan fingerprint density at radius 3 is 2.76 bits per heavy atom. The molecule has 4 heterocycles. The average molecular weight is 506 g/mol. The fourth-order valence-corrected chi connectivity index (χ4v) is 6.14. The number of aryl methyl sites for hydroxylation is 1. The van der Waals surface area contributed by atoms with Crippen molar-refractivity contribution in [3.8, 4) is 5.75 Å². The van der Waals surface area contributed by atoms with Gasteiger partial charge in [-0.1, -0.05) is 24.6 Å². The van der Waals surface area contributed by atoms with E-state index in [1.165, 1.54) is 5.56 Å². The number of carbonyl (C=O) groups is 2. The Morgan fingerprint density at radius 1 is 1.05 bits per heavy atom. The van der Waals surface area contributed by atoms with E-state index < -0.39 is 0 Å². The summed E-state index contributed by atoms with van der Waals surface area (Å²) >= 11 is 0. The third-order valence-electron chi connectivity index (χ3n) is 8.34. The summed E-state index contributed by atoms with van der Waals surface area (Å²) in [4.78, 5) is 39.5. The van der Waals surface area contributed by atoms with Crippen LogP contribution >= 0.6 is 0 Å². The lowest BCUT2D eigenvalue weighted by Crippen LogP contribution is -2.51. The lowest BCUT2D eigenvalue weighted by Gasteiger charge is -2.41. The molecule has 0 saturated carbocycles. The Kier molecular flexibility index (Phi) is 8.34. The molecule has 5 rings (SSSR count). The number of para-hydroxylation sites is 1. The second-order valence-electron chi connectivity index (χ2n) is 10.7. The van der Waals surface area contributed by atoms with E-state index in [9.17, 15) is 9.59 Å². The maximum absolute atomic E-state index is 13.4. The molecule has 1 aromatic heterocycles. The SMILES string of the molecule is O=C(CN1CCC2(CCCCc3ccccc3OCCCNC2=O)CC1)N1CCCC1c1cnccn1. The number of nitrogens with zero attached hydrogens (tertiary/aromatic N) is 4. The molecule has 1 unspecified atom stereocenters. The number of ether oxygens (including phenoxy) is 1. The molecule has 2 amide bonds. The van der Waals surface area contributed by atoms with Crippen molar-refractivity contribution < 1.29 is 14.3 Å². The number of piperidine rings is 1. The number of hydrogen-bond acceptors (Lipinski definition) is 6. The van der Waals surface area contributed by atoms with Crippen LogP contribution in [0.15, 0.2) is 42.9 Å². The third-order valence-corrected chi connectivity index (χ3v) is 8.34. The predicted octanol–water partition coefficient (Wildman–Crippen LogP) is 3.53. The van der Waals surface area contributed by atoms with Crippen molar-refractivity contribution in [2.45, 2.75) is 63.8 Å². The number of rotatable bonds is 3. The molecule has 198 valence electrons. The van der Waals surface area contributed by atoms with Crippen LogP contribution in [0.4, 0.5) is 0 Å². The maximum atomic E-state index is 13.4. The van der Waals surface area contributed by atoms with E-state index in [1.54, 1.807) is 18.6 Å². The fourth-order valence-electron chi connectivity index (χ4n) is 6.14. The highest BCUT2D eigenvalue weighted by Crippen LogP contribution is 2.38. The monoisotopic (exact) mass is 505 g/mol. The quantitative estimate of drug-likeness (QED) is 0.687. The Labute approximate surface area is 219 Å². The molecular formula is C29H39N5O3. The lowest BCUT2D eigenvalue weighted by atomic mass is 9.73. The highest BCUT2D eigenvalue weighted by Gasteiger charge is 2.41. The van der Waals surface area contributed by atoms with Gasteiger partial charge in [-0.3, -0.25) is 24.5 Å². The molecule has 0 bridgehead atoms. The summed E-state index contributed by atoms with van der Waals surface area (Å²) in [7, 11) is 0. The van der Waals surface area contributed by atoms with Crippen molar-refractivity contribution in [3.63, 3.8) is 0 Å². The highest BCUT2D eigenvalue weighted by atomic mass is 16.5. The Bertz CT molecular complexity index is 1050. The average Bonchev–Trinajstić information content (AvgIpc) is 3.43. The smallest absolute Gasteiger partial charge is 0.237 e. The molecule has 1 spiro atoms. The molecule has 3 aliphatic heterocycles. The highest BCUT2D eigenvalue weighted by molar-refractivity contribution is 5.83. The van der Waals surface area contributed by atoms with Gasteiger partial charge in [0.1, 0.15) is 5.75 Å². The van der Waals surface area contributed by atoms with Gasteiger partial charge in [-0.25, -0.2) is 0 Å². The van der Waals surface area contributed by atoms with Gasteiger partial charge in [0.15, 0.2) is 0 Å². The van der Waals surface area contributed by atoms with Crippen molar-refractivity contribution >= 4 is 11.8 Å². The summed E-state index contributed by atoms with van der Waals surface area (Å²) in [5, 5.41) is 3.20. The van der Waals surface area contributed by atoms with Crippen LogP contribution in [-0.4, -0.2) is 70.9 Å². The van der Waals surface area contributed by atoms with Crippen molar-refractivity contribution in [1.82, 2.24) is 25.1 Å². The summed E-state index contributed by atoms with van der Waals surface area (Å²) < 4.78 is 6.00. The number of hydrogen-bond donors (Lipinski definition) is 1. The van der Waals surface area contributed by atoms with Crippen LogP contribution in [-0.2, 0) is 16.0 Å². The maximum Gasteiger partial charge on any atom is 0.237 e. The number of carbonyl (C=O) groups excluding carboxylic acids is 2. The fraction of sp³-hybridized carbons (Fsp3) is 0.586. The molecule has 1 N–H and O–H groups in total. The Balaban J connectivity index is 1.18. The zero-order valence-electron chi connectivity index (χ0n) is 21.7. The molecule has 1 atom stereocenters. The number of fused-ring (bicyclic) bond motifs is 1. The van der Waals surface area contributed by atoms with Crippen molar-refractivity contribution in [2.24, 2.45) is 5.41 Å². The van der Waals surface area contributed by atoms with Gasteiger partial charge in [-0.2, -0.15) is 0 Å². The van der Waals surface area contributed by atoms with Gasteiger partial charge in [0, 0.05) is 25.5 Å². The van der Waals surface area contributed by atoms with E-state index in [0.29, 0.717) is 19.7 Å². The summed E-state index contributed by atoms with van der Waals surface area (Å²) in [5.41, 5.74) is 1.79. The molecule has 2 saturated heterocycles. The molecule has 8 nitrogen and oxygen atoms in total. The van der Waals surface area contributed by atoms with Crippen LogP contribution in [0.25, 0.3) is 0 Å². The van der Waals surface area contributed by atoms with Gasteiger partial charge in [-0.15, -0.1) is 0 Å². The van der Waals surface area contributed by atoms with E-state index in [2.05, 4.69) is 32.3 Å². The van der Waals surface area contributed by atoms with Gasteiger partial charge in [-0.05, 0) is 76.1 Å². The number of aromatic nitrogens is 2. The summed E-state index contributed by atoms with van der Waals surface area (Å²) in [6.45, 7) is 3.95. The molecular weight excluding hydrogens is 466 g/mol. The third kappa shape index (κ3) is 6.12. The van der Waals surface area contributed by atoms with Crippen LogP contribution in [0.1, 0.15) is 68.7 Å². The minimum Gasteiger partial charge on any atom is -0.493 e. The lowest BCUT2D eigenvalue weighted by molar-refractivity contribution is -0.137. The van der Waals surface area contributed by atoms with E-state index in [1.807, 2.05) is 17.0 Å². The number of nitrogens with one attached hydrogen (secondary N) is 1. The Hall–Kier alpha value is -3.00. The standard InChI is InChI=1S/C29H39N5O3/c35-27(34-17-5-9-25(34)24-21-30-15-16-31-24)22-33-18-12-29(13-19-33)11-4-3-8-23-7-1-2-10-26(23)37-20-6-14-32-28(29)36/h1-2,7,10,15-16,21,25H,3-6,8-9,11-14,17-20,22H2,(H,32,36).